The summed E-state index contributed by atoms with van der Waals surface area (Å²) in [5.41, 5.74) is 1.14. The molecule has 3 aliphatic rings. The number of amides is 5. The van der Waals surface area contributed by atoms with Gasteiger partial charge in [0.2, 0.25) is 17.7 Å². The highest BCUT2D eigenvalue weighted by Gasteiger charge is 2.63. The predicted molar refractivity (Wildman–Crippen MR) is 103 cm³/mol. The Kier molecular flexibility index (Phi) is 4.17. The number of hydrogen-bond donors (Lipinski definition) is 1. The van der Waals surface area contributed by atoms with Crippen LogP contribution < -0.4 is 10.2 Å². The van der Waals surface area contributed by atoms with Gasteiger partial charge in [0.25, 0.3) is 0 Å². The molecule has 3 aliphatic heterocycles. The number of benzene rings is 1. The van der Waals surface area contributed by atoms with Gasteiger partial charge in [0.15, 0.2) is 5.41 Å². The number of carbonyl (C=O) groups is 4. The number of carbonyl (C=O) groups excluding carboxylic acids is 4. The van der Waals surface area contributed by atoms with Crippen molar-refractivity contribution >= 4 is 35.1 Å². The molecule has 0 aliphatic carbocycles. The van der Waals surface area contributed by atoms with Gasteiger partial charge in [-0.25, -0.2) is 4.79 Å². The summed E-state index contributed by atoms with van der Waals surface area (Å²) in [6.45, 7) is 2.19. The van der Waals surface area contributed by atoms with Crippen LogP contribution in [0.4, 0.5) is 16.2 Å². The maximum atomic E-state index is 13.4. The molecule has 1 aromatic carbocycles. The van der Waals surface area contributed by atoms with E-state index >= 15 is 0 Å². The molecule has 0 saturated carbocycles. The first-order valence-corrected chi connectivity index (χ1v) is 9.55. The molecule has 0 bridgehead atoms. The van der Waals surface area contributed by atoms with Crippen molar-refractivity contribution in [2.45, 2.75) is 38.6 Å². The Morgan fingerprint density at radius 1 is 1.11 bits per heavy atom. The molecule has 1 aromatic rings. The SMILES string of the molecule is CC(=O)Nc1ccc2c(c1)CC1(C(=O)N(C)C(=O)N(C)C1=O)C1CCCCN21. The summed E-state index contributed by atoms with van der Waals surface area (Å²) in [5.74, 6) is -1.06. The molecular weight excluding hydrogens is 360 g/mol. The maximum Gasteiger partial charge on any atom is 0.332 e. The van der Waals surface area contributed by atoms with Gasteiger partial charge in [-0.3, -0.25) is 24.2 Å². The van der Waals surface area contributed by atoms with Gasteiger partial charge >= 0.3 is 6.03 Å². The van der Waals surface area contributed by atoms with Crippen molar-refractivity contribution in [2.75, 3.05) is 30.9 Å². The molecular formula is C20H24N4O4. The maximum absolute atomic E-state index is 13.4. The molecule has 5 amide bonds. The number of hydrogen-bond acceptors (Lipinski definition) is 5. The van der Waals surface area contributed by atoms with E-state index in [1.54, 1.807) is 0 Å². The van der Waals surface area contributed by atoms with Crippen LogP contribution in [0.3, 0.4) is 0 Å². The van der Waals surface area contributed by atoms with Crippen LogP contribution in [-0.2, 0) is 20.8 Å². The largest absolute Gasteiger partial charge is 0.367 e. The number of urea groups is 1. The zero-order chi connectivity index (χ0) is 20.2. The lowest BCUT2D eigenvalue weighted by Gasteiger charge is -2.54. The van der Waals surface area contributed by atoms with Crippen molar-refractivity contribution in [3.05, 3.63) is 23.8 Å². The summed E-state index contributed by atoms with van der Waals surface area (Å²) in [4.78, 5) is 54.7. The molecule has 3 heterocycles. The first-order chi connectivity index (χ1) is 13.3. The molecule has 8 heteroatoms. The highest BCUT2D eigenvalue weighted by molar-refractivity contribution is 6.20. The molecule has 0 radical (unpaired) electrons. The average Bonchev–Trinajstić information content (AvgIpc) is 2.68. The third-order valence-electron chi connectivity index (χ3n) is 6.20. The normalized spacial score (nSPS) is 23.6. The Morgan fingerprint density at radius 3 is 2.43 bits per heavy atom. The summed E-state index contributed by atoms with van der Waals surface area (Å²) >= 11 is 0. The van der Waals surface area contributed by atoms with E-state index in [0.29, 0.717) is 5.69 Å². The smallest absolute Gasteiger partial charge is 0.332 e. The first kappa shape index (κ1) is 18.5. The van der Waals surface area contributed by atoms with Crippen molar-refractivity contribution in [2.24, 2.45) is 5.41 Å². The summed E-state index contributed by atoms with van der Waals surface area (Å²) in [5, 5.41) is 2.76. The monoisotopic (exact) mass is 384 g/mol. The minimum atomic E-state index is -1.32. The molecule has 4 rings (SSSR count). The molecule has 2 fully saturated rings. The summed E-state index contributed by atoms with van der Waals surface area (Å²) in [7, 11) is 2.87. The highest BCUT2D eigenvalue weighted by Crippen LogP contribution is 2.49. The van der Waals surface area contributed by atoms with Crippen LogP contribution in [0.25, 0.3) is 0 Å². The quantitative estimate of drug-likeness (QED) is 0.743. The Bertz CT molecular complexity index is 872. The van der Waals surface area contributed by atoms with Crippen LogP contribution in [0.1, 0.15) is 31.7 Å². The number of nitrogens with one attached hydrogen (secondary N) is 1. The topological polar surface area (TPSA) is 90.0 Å². The van der Waals surface area contributed by atoms with Crippen molar-refractivity contribution in [1.82, 2.24) is 9.80 Å². The minimum absolute atomic E-state index is 0.184. The van der Waals surface area contributed by atoms with Gasteiger partial charge in [-0.15, -0.1) is 0 Å². The number of rotatable bonds is 1. The van der Waals surface area contributed by atoms with Crippen molar-refractivity contribution < 1.29 is 19.2 Å². The molecule has 2 saturated heterocycles. The van der Waals surface area contributed by atoms with Gasteiger partial charge in [-0.05, 0) is 49.4 Å². The van der Waals surface area contributed by atoms with Gasteiger partial charge in [0.1, 0.15) is 0 Å². The van der Waals surface area contributed by atoms with E-state index in [1.807, 2.05) is 18.2 Å². The van der Waals surface area contributed by atoms with E-state index < -0.39 is 23.3 Å². The van der Waals surface area contributed by atoms with E-state index in [2.05, 4.69) is 10.2 Å². The zero-order valence-corrected chi connectivity index (χ0v) is 16.3. The predicted octanol–water partition coefficient (Wildman–Crippen LogP) is 1.60. The van der Waals surface area contributed by atoms with E-state index in [1.165, 1.54) is 21.0 Å². The fourth-order valence-corrected chi connectivity index (χ4v) is 4.96. The Morgan fingerprint density at radius 2 is 1.79 bits per heavy atom. The molecule has 28 heavy (non-hydrogen) atoms. The molecule has 1 N–H and O–H groups in total. The van der Waals surface area contributed by atoms with Crippen LogP contribution in [0.15, 0.2) is 18.2 Å². The second kappa shape index (κ2) is 6.32. The average molecular weight is 384 g/mol. The lowest BCUT2D eigenvalue weighted by Crippen LogP contribution is -2.72. The highest BCUT2D eigenvalue weighted by atomic mass is 16.2. The standard InChI is InChI=1S/C20H24N4O4/c1-12(25)21-14-7-8-15-13(10-14)11-20(16-6-4-5-9-24(15)16)17(26)22(2)19(28)23(3)18(20)27/h7-8,10,16H,4-6,9,11H2,1-3H3,(H,21,25). The van der Waals surface area contributed by atoms with Gasteiger partial charge in [-0.2, -0.15) is 0 Å². The van der Waals surface area contributed by atoms with Crippen LogP contribution in [0.2, 0.25) is 0 Å². The van der Waals surface area contributed by atoms with E-state index in [9.17, 15) is 19.2 Å². The van der Waals surface area contributed by atoms with Crippen LogP contribution in [-0.4, -0.2) is 60.2 Å². The van der Waals surface area contributed by atoms with Gasteiger partial charge in [0, 0.05) is 38.9 Å². The fraction of sp³-hybridized carbons (Fsp3) is 0.500. The van der Waals surface area contributed by atoms with E-state index in [-0.39, 0.29) is 18.4 Å². The fourth-order valence-electron chi connectivity index (χ4n) is 4.96. The molecule has 1 spiro atoms. The van der Waals surface area contributed by atoms with Crippen molar-refractivity contribution in [1.29, 1.82) is 0 Å². The van der Waals surface area contributed by atoms with Crippen LogP contribution >= 0.6 is 0 Å². The zero-order valence-electron chi connectivity index (χ0n) is 16.3. The molecule has 1 atom stereocenters. The number of nitrogens with zero attached hydrogens (tertiary/aromatic N) is 3. The third kappa shape index (κ3) is 2.43. The summed E-state index contributed by atoms with van der Waals surface area (Å²) in [6, 6.07) is 4.75. The van der Waals surface area contributed by atoms with Crippen LogP contribution in [0, 0.1) is 5.41 Å². The number of piperidine rings is 1. The second-order valence-corrected chi connectivity index (χ2v) is 7.89. The Labute approximate surface area is 163 Å². The van der Waals surface area contributed by atoms with E-state index in [0.717, 1.165) is 46.9 Å². The van der Waals surface area contributed by atoms with Crippen LogP contribution in [0.5, 0.6) is 0 Å². The number of barbiturate groups is 1. The third-order valence-corrected chi connectivity index (χ3v) is 6.20. The van der Waals surface area contributed by atoms with Gasteiger partial charge in [0.05, 0.1) is 6.04 Å². The van der Waals surface area contributed by atoms with Gasteiger partial charge < -0.3 is 10.2 Å². The summed E-state index contributed by atoms with van der Waals surface area (Å²) in [6.07, 6.45) is 2.85. The molecule has 1 unspecified atom stereocenters. The number of imide groups is 2. The lowest BCUT2D eigenvalue weighted by atomic mass is 9.66. The van der Waals surface area contributed by atoms with Gasteiger partial charge in [-0.1, -0.05) is 0 Å². The molecule has 0 aromatic heterocycles. The number of fused-ring (bicyclic) bond motifs is 4. The first-order valence-electron chi connectivity index (χ1n) is 9.55. The van der Waals surface area contributed by atoms with E-state index in [4.69, 9.17) is 0 Å². The minimum Gasteiger partial charge on any atom is -0.367 e. The second-order valence-electron chi connectivity index (χ2n) is 7.89. The molecule has 8 nitrogen and oxygen atoms in total. The number of anilines is 2. The van der Waals surface area contributed by atoms with Crippen molar-refractivity contribution in [3.63, 3.8) is 0 Å². The Balaban J connectivity index is 1.87. The lowest BCUT2D eigenvalue weighted by molar-refractivity contribution is -0.159. The summed E-state index contributed by atoms with van der Waals surface area (Å²) < 4.78 is 0. The van der Waals surface area contributed by atoms with Crippen molar-refractivity contribution in [3.8, 4) is 0 Å². The molecule has 148 valence electrons. The Hall–Kier alpha value is -2.90.